The minimum Gasteiger partial charge on any atom is -0.361 e. The number of nitrogens with zero attached hydrogens (tertiary/aromatic N) is 3. The Hall–Kier alpha value is -2.15. The number of alkyl halides is 2. The largest absolute Gasteiger partial charge is 0.361 e. The lowest BCUT2D eigenvalue weighted by molar-refractivity contribution is 0.145. The fourth-order valence-electron chi connectivity index (χ4n) is 2.44. The monoisotopic (exact) mass is 392 g/mol. The van der Waals surface area contributed by atoms with E-state index in [1.165, 1.54) is 6.07 Å². The van der Waals surface area contributed by atoms with Crippen LogP contribution in [0.2, 0.25) is 0 Å². The van der Waals surface area contributed by atoms with Crippen molar-refractivity contribution in [3.63, 3.8) is 0 Å². The molecule has 2 aromatic heterocycles. The molecule has 124 valence electrons. The number of pyridine rings is 1. The van der Waals surface area contributed by atoms with Gasteiger partial charge in [-0.1, -0.05) is 22.0 Å². The number of anilines is 1. The Morgan fingerprint density at radius 2 is 1.79 bits per heavy atom. The van der Waals surface area contributed by atoms with Gasteiger partial charge in [0.2, 0.25) is 0 Å². The molecule has 0 aliphatic carbocycles. The molecule has 3 rings (SSSR count). The van der Waals surface area contributed by atoms with E-state index in [0.29, 0.717) is 17.3 Å². The van der Waals surface area contributed by atoms with Gasteiger partial charge in [0.05, 0.1) is 17.3 Å². The summed E-state index contributed by atoms with van der Waals surface area (Å²) in [6, 6.07) is 10.1. The van der Waals surface area contributed by atoms with Crippen LogP contribution in [0.4, 0.5) is 14.6 Å². The highest BCUT2D eigenvalue weighted by Gasteiger charge is 2.15. The number of aryl methyl sites for hydroxylation is 1. The minimum atomic E-state index is -2.59. The summed E-state index contributed by atoms with van der Waals surface area (Å²) >= 11 is 3.44. The molecule has 0 aliphatic heterocycles. The zero-order valence-corrected chi connectivity index (χ0v) is 14.7. The van der Waals surface area contributed by atoms with Crippen molar-refractivity contribution in [2.75, 3.05) is 5.32 Å². The summed E-state index contributed by atoms with van der Waals surface area (Å²) < 4.78 is 26.6. The van der Waals surface area contributed by atoms with Gasteiger partial charge >= 0.3 is 0 Å². The Labute approximate surface area is 146 Å². The molecule has 1 atom stereocenters. The Balaban J connectivity index is 1.97. The summed E-state index contributed by atoms with van der Waals surface area (Å²) in [6.07, 6.45) is -2.59. The molecule has 0 amide bonds. The summed E-state index contributed by atoms with van der Waals surface area (Å²) in [6.45, 7) is 3.67. The SMILES string of the molecule is Cc1nc(N[C@H](C)c2cccc(C(F)F)n2)c2cc(Br)ccc2n1. The van der Waals surface area contributed by atoms with Crippen molar-refractivity contribution in [2.45, 2.75) is 26.3 Å². The lowest BCUT2D eigenvalue weighted by atomic mass is 10.1. The number of halogens is 3. The van der Waals surface area contributed by atoms with Gasteiger partial charge in [-0.05, 0) is 44.2 Å². The van der Waals surface area contributed by atoms with Crippen molar-refractivity contribution >= 4 is 32.7 Å². The normalized spacial score (nSPS) is 12.6. The molecule has 0 unspecified atom stereocenters. The van der Waals surface area contributed by atoms with E-state index >= 15 is 0 Å². The molecule has 24 heavy (non-hydrogen) atoms. The van der Waals surface area contributed by atoms with Crippen molar-refractivity contribution in [3.05, 3.63) is 58.1 Å². The third-order valence-electron chi connectivity index (χ3n) is 3.58. The highest BCUT2D eigenvalue weighted by molar-refractivity contribution is 9.10. The van der Waals surface area contributed by atoms with Gasteiger partial charge in [0, 0.05) is 9.86 Å². The van der Waals surface area contributed by atoms with Crippen LogP contribution in [0, 0.1) is 6.92 Å². The summed E-state index contributed by atoms with van der Waals surface area (Å²) in [7, 11) is 0. The third kappa shape index (κ3) is 3.51. The molecular formula is C17H15BrF2N4. The molecule has 0 saturated heterocycles. The Bertz CT molecular complexity index is 886. The van der Waals surface area contributed by atoms with E-state index in [-0.39, 0.29) is 11.7 Å². The van der Waals surface area contributed by atoms with Gasteiger partial charge in [-0.3, -0.25) is 0 Å². The highest BCUT2D eigenvalue weighted by atomic mass is 79.9. The number of hydrogen-bond donors (Lipinski definition) is 1. The molecule has 2 heterocycles. The second-order valence-electron chi connectivity index (χ2n) is 5.43. The highest BCUT2D eigenvalue weighted by Crippen LogP contribution is 2.27. The van der Waals surface area contributed by atoms with Crippen LogP contribution in [0.5, 0.6) is 0 Å². The van der Waals surface area contributed by atoms with Crippen LogP contribution in [-0.2, 0) is 0 Å². The van der Waals surface area contributed by atoms with E-state index in [2.05, 4.69) is 36.2 Å². The first-order chi connectivity index (χ1) is 11.4. The number of fused-ring (bicyclic) bond motifs is 1. The van der Waals surface area contributed by atoms with Crippen molar-refractivity contribution in [2.24, 2.45) is 0 Å². The minimum absolute atomic E-state index is 0.229. The Morgan fingerprint density at radius 1 is 1.04 bits per heavy atom. The number of nitrogens with one attached hydrogen (secondary N) is 1. The lowest BCUT2D eigenvalue weighted by Crippen LogP contribution is -2.12. The number of benzene rings is 1. The summed E-state index contributed by atoms with van der Waals surface area (Å²) in [4.78, 5) is 12.9. The fourth-order valence-corrected chi connectivity index (χ4v) is 2.80. The maximum Gasteiger partial charge on any atom is 0.280 e. The van der Waals surface area contributed by atoms with Crippen molar-refractivity contribution in [3.8, 4) is 0 Å². The average Bonchev–Trinajstić information content (AvgIpc) is 2.55. The van der Waals surface area contributed by atoms with Gasteiger partial charge in [0.15, 0.2) is 0 Å². The van der Waals surface area contributed by atoms with Gasteiger partial charge in [-0.15, -0.1) is 0 Å². The van der Waals surface area contributed by atoms with E-state index in [1.807, 2.05) is 32.0 Å². The van der Waals surface area contributed by atoms with Crippen LogP contribution >= 0.6 is 15.9 Å². The summed E-state index contributed by atoms with van der Waals surface area (Å²) in [5.74, 6) is 1.28. The summed E-state index contributed by atoms with van der Waals surface area (Å²) in [5.41, 5.74) is 1.12. The smallest absolute Gasteiger partial charge is 0.280 e. The van der Waals surface area contributed by atoms with Gasteiger partial charge in [0.25, 0.3) is 6.43 Å². The topological polar surface area (TPSA) is 50.7 Å². The van der Waals surface area contributed by atoms with Crippen LogP contribution in [0.1, 0.15) is 36.6 Å². The zero-order valence-electron chi connectivity index (χ0n) is 13.1. The molecule has 4 nitrogen and oxygen atoms in total. The third-order valence-corrected chi connectivity index (χ3v) is 4.08. The first kappa shape index (κ1) is 16.7. The summed E-state index contributed by atoms with van der Waals surface area (Å²) in [5, 5.41) is 4.11. The lowest BCUT2D eigenvalue weighted by Gasteiger charge is -2.17. The molecule has 3 aromatic rings. The predicted octanol–water partition coefficient (Wildman–Crippen LogP) is 5.21. The van der Waals surface area contributed by atoms with E-state index in [1.54, 1.807) is 12.1 Å². The molecule has 0 aliphatic rings. The van der Waals surface area contributed by atoms with Gasteiger partial charge < -0.3 is 5.32 Å². The Morgan fingerprint density at radius 3 is 2.54 bits per heavy atom. The molecule has 0 fully saturated rings. The quantitative estimate of drug-likeness (QED) is 0.662. The van der Waals surface area contributed by atoms with E-state index in [4.69, 9.17) is 0 Å². The average molecular weight is 393 g/mol. The molecule has 0 radical (unpaired) electrons. The van der Waals surface area contributed by atoms with Crippen molar-refractivity contribution in [1.29, 1.82) is 0 Å². The van der Waals surface area contributed by atoms with Gasteiger partial charge in [0.1, 0.15) is 17.3 Å². The molecule has 0 saturated carbocycles. The number of hydrogen-bond acceptors (Lipinski definition) is 4. The van der Waals surface area contributed by atoms with Crippen LogP contribution in [-0.4, -0.2) is 15.0 Å². The standard InChI is InChI=1S/C17H15BrF2N4/c1-9(13-4-3-5-15(24-13)16(19)20)21-17-12-8-11(18)6-7-14(12)22-10(2)23-17/h3-9,16H,1-2H3,(H,21,22,23)/t9-/m1/s1. The van der Waals surface area contributed by atoms with Gasteiger partial charge in [-0.25, -0.2) is 23.7 Å². The molecule has 1 aromatic carbocycles. The van der Waals surface area contributed by atoms with Crippen LogP contribution in [0.25, 0.3) is 10.9 Å². The first-order valence-electron chi connectivity index (χ1n) is 7.39. The zero-order chi connectivity index (χ0) is 17.3. The van der Waals surface area contributed by atoms with Crippen molar-refractivity contribution < 1.29 is 8.78 Å². The van der Waals surface area contributed by atoms with Crippen LogP contribution < -0.4 is 5.32 Å². The molecule has 0 spiro atoms. The van der Waals surface area contributed by atoms with E-state index in [0.717, 1.165) is 15.4 Å². The molecule has 0 bridgehead atoms. The molecule has 1 N–H and O–H groups in total. The predicted molar refractivity (Wildman–Crippen MR) is 93.2 cm³/mol. The van der Waals surface area contributed by atoms with Gasteiger partial charge in [-0.2, -0.15) is 0 Å². The second-order valence-corrected chi connectivity index (χ2v) is 6.35. The molecular weight excluding hydrogens is 378 g/mol. The van der Waals surface area contributed by atoms with Crippen molar-refractivity contribution in [1.82, 2.24) is 15.0 Å². The van der Waals surface area contributed by atoms with E-state index in [9.17, 15) is 8.78 Å². The van der Waals surface area contributed by atoms with Crippen LogP contribution in [0.15, 0.2) is 40.9 Å². The maximum atomic E-state index is 12.8. The van der Waals surface area contributed by atoms with Crippen LogP contribution in [0.3, 0.4) is 0 Å². The Kier molecular flexibility index (Phi) is 4.71. The van der Waals surface area contributed by atoms with E-state index < -0.39 is 6.43 Å². The fraction of sp³-hybridized carbons (Fsp3) is 0.235. The number of aromatic nitrogens is 3. The number of rotatable bonds is 4. The second kappa shape index (κ2) is 6.76. The maximum absolute atomic E-state index is 12.8. The molecule has 7 heteroatoms. The first-order valence-corrected chi connectivity index (χ1v) is 8.19.